The van der Waals surface area contributed by atoms with E-state index >= 15 is 0 Å². The lowest BCUT2D eigenvalue weighted by Crippen LogP contribution is -2.50. The summed E-state index contributed by atoms with van der Waals surface area (Å²) in [6, 6.07) is 0.616. The summed E-state index contributed by atoms with van der Waals surface area (Å²) in [6.07, 6.45) is 15.1. The van der Waals surface area contributed by atoms with Crippen LogP contribution in [0.2, 0.25) is 0 Å². The third-order valence-electron chi connectivity index (χ3n) is 10.2. The molecular formula is C28H45NO2. The molecule has 3 fully saturated rings. The zero-order chi connectivity index (χ0) is 21.8. The third-order valence-corrected chi connectivity index (χ3v) is 10.2. The van der Waals surface area contributed by atoms with Gasteiger partial charge in [-0.05, 0) is 100.0 Å². The number of allylic oxidation sites excluding steroid dienone is 2. The molecule has 3 nitrogen and oxygen atoms in total. The highest BCUT2D eigenvalue weighted by molar-refractivity contribution is 5.32. The summed E-state index contributed by atoms with van der Waals surface area (Å²) < 4.78 is 12.4. The fourth-order valence-electron chi connectivity index (χ4n) is 8.45. The van der Waals surface area contributed by atoms with Gasteiger partial charge in [-0.1, -0.05) is 37.5 Å². The number of likely N-dealkylation sites (tertiary alicyclic amines) is 1. The van der Waals surface area contributed by atoms with E-state index in [2.05, 4.69) is 38.8 Å². The number of fused-ring (bicyclic) bond motifs is 6. The summed E-state index contributed by atoms with van der Waals surface area (Å²) >= 11 is 0. The first kappa shape index (κ1) is 22.2. The largest absolute Gasteiger partial charge is 0.377 e. The lowest BCUT2D eigenvalue weighted by atomic mass is 9.56. The highest BCUT2D eigenvalue weighted by Gasteiger charge is 2.53. The molecule has 8 atom stereocenters. The Hall–Kier alpha value is -0.640. The molecule has 0 spiro atoms. The third kappa shape index (κ3) is 3.87. The van der Waals surface area contributed by atoms with Gasteiger partial charge >= 0.3 is 0 Å². The number of ether oxygens (including phenoxy) is 2. The van der Waals surface area contributed by atoms with Gasteiger partial charge in [-0.3, -0.25) is 0 Å². The van der Waals surface area contributed by atoms with Crippen LogP contribution < -0.4 is 0 Å². The van der Waals surface area contributed by atoms with Crippen LogP contribution in [0, 0.1) is 29.1 Å². The second-order valence-electron chi connectivity index (χ2n) is 12.0. The van der Waals surface area contributed by atoms with Gasteiger partial charge in [0, 0.05) is 19.7 Å². The standard InChI is InChI=1S/C28H45NO2/c1-18-13-27-26(29(4)16-18)8-6-7-22-23-10-9-20-14-21(30-5)11-12-28(20,3)25(23)15-24(22)19(2)17-31-27/h14,18,21-23,25-27H,6-13,15-17H2,1-5H3/b24-19-/t18-,21-,22-,23-,25-,26-,27+,28-/m0/s1. The SMILES string of the molecule is CO[C@@H]1C=C2CC[C@H]3[C@@H]4CCC[C@H]5[C@@H](C[C@H](C)CN5C)OC/C(C)=C\4C[C@@H]3[C@@]2(C)CC1. The van der Waals surface area contributed by atoms with E-state index in [1.54, 1.807) is 16.7 Å². The van der Waals surface area contributed by atoms with Gasteiger partial charge in [0.15, 0.2) is 0 Å². The molecule has 2 aliphatic heterocycles. The molecule has 31 heavy (non-hydrogen) atoms. The van der Waals surface area contributed by atoms with Crippen LogP contribution in [0.3, 0.4) is 0 Å². The summed E-state index contributed by atoms with van der Waals surface area (Å²) in [5, 5.41) is 0. The number of piperidine rings is 1. The fraction of sp³-hybridized carbons (Fsp3) is 0.857. The maximum atomic E-state index is 6.67. The van der Waals surface area contributed by atoms with Gasteiger partial charge in [-0.15, -0.1) is 0 Å². The Morgan fingerprint density at radius 3 is 2.84 bits per heavy atom. The minimum atomic E-state index is 0.346. The van der Waals surface area contributed by atoms with Gasteiger partial charge in [0.1, 0.15) is 0 Å². The fourth-order valence-corrected chi connectivity index (χ4v) is 8.45. The van der Waals surface area contributed by atoms with Crippen LogP contribution in [0.4, 0.5) is 0 Å². The summed E-state index contributed by atoms with van der Waals surface area (Å²) in [5.41, 5.74) is 5.47. The van der Waals surface area contributed by atoms with E-state index in [-0.39, 0.29) is 0 Å². The molecule has 0 N–H and O–H groups in total. The molecule has 3 aliphatic carbocycles. The summed E-state index contributed by atoms with van der Waals surface area (Å²) in [4.78, 5) is 2.60. The molecular weight excluding hydrogens is 382 g/mol. The minimum absolute atomic E-state index is 0.346. The number of nitrogens with zero attached hydrogens (tertiary/aromatic N) is 1. The van der Waals surface area contributed by atoms with Crippen molar-refractivity contribution in [1.29, 1.82) is 0 Å². The van der Waals surface area contributed by atoms with Crippen molar-refractivity contribution in [2.75, 3.05) is 27.3 Å². The van der Waals surface area contributed by atoms with Crippen LogP contribution in [-0.2, 0) is 9.47 Å². The number of methoxy groups -OCH3 is 1. The van der Waals surface area contributed by atoms with Crippen molar-refractivity contribution in [3.8, 4) is 0 Å². The van der Waals surface area contributed by atoms with Crippen molar-refractivity contribution in [3.63, 3.8) is 0 Å². The van der Waals surface area contributed by atoms with Crippen LogP contribution >= 0.6 is 0 Å². The van der Waals surface area contributed by atoms with Crippen LogP contribution in [-0.4, -0.2) is 50.5 Å². The molecule has 0 bridgehead atoms. The Balaban J connectivity index is 1.41. The van der Waals surface area contributed by atoms with Crippen LogP contribution in [0.25, 0.3) is 0 Å². The normalized spacial score (nSPS) is 48.8. The Labute approximate surface area is 190 Å². The van der Waals surface area contributed by atoms with Gasteiger partial charge in [0.25, 0.3) is 0 Å². The van der Waals surface area contributed by atoms with Gasteiger partial charge in [-0.25, -0.2) is 0 Å². The molecule has 3 heteroatoms. The van der Waals surface area contributed by atoms with Crippen LogP contribution in [0.5, 0.6) is 0 Å². The van der Waals surface area contributed by atoms with Gasteiger partial charge in [0.05, 0.1) is 18.8 Å². The first-order valence-corrected chi connectivity index (χ1v) is 13.1. The zero-order valence-corrected chi connectivity index (χ0v) is 20.7. The van der Waals surface area contributed by atoms with Crippen molar-refractivity contribution >= 4 is 0 Å². The van der Waals surface area contributed by atoms with E-state index in [0.717, 1.165) is 30.3 Å². The lowest BCUT2D eigenvalue weighted by Gasteiger charge is -2.49. The van der Waals surface area contributed by atoms with Gasteiger partial charge < -0.3 is 14.4 Å². The van der Waals surface area contributed by atoms with E-state index in [0.29, 0.717) is 23.7 Å². The average Bonchev–Trinajstić information content (AvgIpc) is 3.13. The van der Waals surface area contributed by atoms with E-state index in [1.165, 1.54) is 64.3 Å². The Kier molecular flexibility index (Phi) is 6.16. The summed E-state index contributed by atoms with van der Waals surface area (Å²) in [6.45, 7) is 9.47. The predicted molar refractivity (Wildman–Crippen MR) is 127 cm³/mol. The highest BCUT2D eigenvalue weighted by atomic mass is 16.5. The molecule has 0 unspecified atom stereocenters. The molecule has 0 aromatic heterocycles. The quantitative estimate of drug-likeness (QED) is 0.479. The van der Waals surface area contributed by atoms with E-state index in [4.69, 9.17) is 9.47 Å². The van der Waals surface area contributed by atoms with E-state index in [1.807, 2.05) is 7.11 Å². The molecule has 2 saturated carbocycles. The first-order chi connectivity index (χ1) is 14.9. The molecule has 0 aromatic carbocycles. The van der Waals surface area contributed by atoms with E-state index < -0.39 is 0 Å². The summed E-state index contributed by atoms with van der Waals surface area (Å²) in [7, 11) is 4.21. The average molecular weight is 428 g/mol. The molecule has 1 saturated heterocycles. The number of hydrogen-bond donors (Lipinski definition) is 0. The molecule has 2 heterocycles. The molecule has 5 aliphatic rings. The van der Waals surface area contributed by atoms with Crippen molar-refractivity contribution in [1.82, 2.24) is 4.90 Å². The van der Waals surface area contributed by atoms with Gasteiger partial charge in [0.2, 0.25) is 0 Å². The predicted octanol–water partition coefficient (Wildman–Crippen LogP) is 6.00. The number of likely N-dealkylation sites (N-methyl/N-ethyl adjacent to an activating group) is 1. The number of hydrogen-bond acceptors (Lipinski definition) is 3. The van der Waals surface area contributed by atoms with Crippen LogP contribution in [0.15, 0.2) is 22.8 Å². The molecule has 0 amide bonds. The molecule has 0 radical (unpaired) electrons. The summed E-state index contributed by atoms with van der Waals surface area (Å²) in [5.74, 6) is 3.25. The maximum Gasteiger partial charge on any atom is 0.0755 e. The van der Waals surface area contributed by atoms with Gasteiger partial charge in [-0.2, -0.15) is 0 Å². The van der Waals surface area contributed by atoms with Crippen LogP contribution in [0.1, 0.15) is 78.6 Å². The second kappa shape index (κ2) is 8.61. The monoisotopic (exact) mass is 427 g/mol. The topological polar surface area (TPSA) is 21.7 Å². The van der Waals surface area contributed by atoms with Crippen molar-refractivity contribution < 1.29 is 9.47 Å². The van der Waals surface area contributed by atoms with Crippen molar-refractivity contribution in [2.24, 2.45) is 29.1 Å². The Bertz CT molecular complexity index is 741. The number of rotatable bonds is 1. The lowest BCUT2D eigenvalue weighted by molar-refractivity contribution is -0.0468. The van der Waals surface area contributed by atoms with E-state index in [9.17, 15) is 0 Å². The smallest absolute Gasteiger partial charge is 0.0755 e. The Morgan fingerprint density at radius 1 is 1.19 bits per heavy atom. The van der Waals surface area contributed by atoms with Crippen molar-refractivity contribution in [3.05, 3.63) is 22.8 Å². The maximum absolute atomic E-state index is 6.67. The second-order valence-corrected chi connectivity index (χ2v) is 12.0. The highest BCUT2D eigenvalue weighted by Crippen LogP contribution is 2.62. The molecule has 174 valence electrons. The molecule has 0 aromatic rings. The zero-order valence-electron chi connectivity index (χ0n) is 20.7. The van der Waals surface area contributed by atoms with Crippen molar-refractivity contribution in [2.45, 2.75) is 96.8 Å². The molecule has 5 rings (SSSR count). The first-order valence-electron chi connectivity index (χ1n) is 13.1. The minimum Gasteiger partial charge on any atom is -0.377 e. The Morgan fingerprint density at radius 2 is 2.03 bits per heavy atom.